The zero-order valence-corrected chi connectivity index (χ0v) is 26.1. The average Bonchev–Trinajstić information content (AvgIpc) is 3.44. The van der Waals surface area contributed by atoms with E-state index >= 15 is 0 Å². The van der Waals surface area contributed by atoms with Crippen LogP contribution < -0.4 is 16.2 Å². The summed E-state index contributed by atoms with van der Waals surface area (Å²) >= 11 is 9.27. The highest BCUT2D eigenvalue weighted by Gasteiger charge is 2.48. The van der Waals surface area contributed by atoms with Gasteiger partial charge >= 0.3 is 12.3 Å². The number of alkyl halides is 3. The van der Waals surface area contributed by atoms with Gasteiger partial charge in [0.05, 0.1) is 33.9 Å². The molecule has 2 aromatic heterocycles. The molecule has 2 aliphatic heterocycles. The number of carbonyl (C=O) groups excluding carboxylic acids is 2. The van der Waals surface area contributed by atoms with E-state index in [0.717, 1.165) is 29.1 Å². The monoisotopic (exact) mass is 687 g/mol. The van der Waals surface area contributed by atoms with Gasteiger partial charge in [0.2, 0.25) is 16.4 Å². The summed E-state index contributed by atoms with van der Waals surface area (Å²) in [6.07, 6.45) is -3.36. The fourth-order valence-corrected chi connectivity index (χ4v) is 6.36. The largest absolute Gasteiger partial charge is 0.444 e. The van der Waals surface area contributed by atoms with Crippen LogP contribution in [-0.2, 0) is 28.7 Å². The second kappa shape index (κ2) is 11.4. The highest BCUT2D eigenvalue weighted by atomic mass is 79.9. The van der Waals surface area contributed by atoms with Gasteiger partial charge in [0, 0.05) is 18.3 Å². The molecule has 0 spiro atoms. The highest BCUT2D eigenvalue weighted by Crippen LogP contribution is 2.38. The Morgan fingerprint density at radius 3 is 2.58 bits per heavy atom. The second-order valence-electron chi connectivity index (χ2n) is 11.5. The fraction of sp³-hybridized carbons (Fsp3) is 0.519. The smallest absolute Gasteiger partial charge is 0.416 e. The van der Waals surface area contributed by atoms with Crippen LogP contribution in [0.3, 0.4) is 0 Å². The molecule has 3 aromatic rings. The molecule has 2 amide bonds. The fourth-order valence-electron chi connectivity index (χ4n) is 5.81. The minimum Gasteiger partial charge on any atom is -0.444 e. The van der Waals surface area contributed by atoms with E-state index in [-0.39, 0.29) is 39.8 Å². The second-order valence-corrected chi connectivity index (χ2v) is 12.6. The molecular weight excluding hydrogens is 659 g/mol. The number of amides is 2. The van der Waals surface area contributed by atoms with Crippen molar-refractivity contribution in [2.75, 3.05) is 11.9 Å². The number of fused-ring (bicyclic) bond motifs is 3. The zero-order chi connectivity index (χ0) is 31.4. The molecule has 3 unspecified atom stereocenters. The van der Waals surface area contributed by atoms with Gasteiger partial charge < -0.3 is 19.9 Å². The molecule has 2 aliphatic rings. The molecule has 232 valence electrons. The minimum atomic E-state index is -4.59. The molecule has 11 nitrogen and oxygen atoms in total. The molecule has 1 aromatic carbocycles. The maximum absolute atomic E-state index is 13.9. The molecule has 2 N–H and O–H groups in total. The van der Waals surface area contributed by atoms with E-state index in [2.05, 4.69) is 36.6 Å². The van der Waals surface area contributed by atoms with Crippen molar-refractivity contribution in [3.63, 3.8) is 0 Å². The Morgan fingerprint density at radius 1 is 1.23 bits per heavy atom. The molecule has 2 fully saturated rings. The quantitative estimate of drug-likeness (QED) is 0.390. The van der Waals surface area contributed by atoms with Crippen LogP contribution in [0.15, 0.2) is 27.7 Å². The number of hydrogen-bond donors (Lipinski definition) is 2. The molecule has 5 rings (SSSR count). The van der Waals surface area contributed by atoms with Gasteiger partial charge in [0.15, 0.2) is 0 Å². The van der Waals surface area contributed by atoms with Crippen molar-refractivity contribution in [2.45, 2.75) is 83.4 Å². The van der Waals surface area contributed by atoms with Crippen LogP contribution in [-0.4, -0.2) is 60.3 Å². The molecule has 43 heavy (non-hydrogen) atoms. The lowest BCUT2D eigenvalue weighted by Crippen LogP contribution is -2.57. The molecule has 2 bridgehead atoms. The first kappa shape index (κ1) is 31.3. The lowest BCUT2D eigenvalue weighted by Gasteiger charge is -2.41. The van der Waals surface area contributed by atoms with Gasteiger partial charge in [0.1, 0.15) is 12.1 Å². The first-order chi connectivity index (χ1) is 20.1. The summed E-state index contributed by atoms with van der Waals surface area (Å²) in [5, 5.41) is 9.91. The van der Waals surface area contributed by atoms with E-state index in [1.165, 1.54) is 0 Å². The Hall–Kier alpha value is -3.17. The molecule has 2 saturated heterocycles. The number of aromatic nitrogens is 4. The number of piperazine rings is 1. The predicted octanol–water partition coefficient (Wildman–Crippen LogP) is 4.94. The van der Waals surface area contributed by atoms with Crippen molar-refractivity contribution < 1.29 is 27.5 Å². The van der Waals surface area contributed by atoms with Crippen LogP contribution in [0.25, 0.3) is 5.78 Å². The lowest BCUT2D eigenvalue weighted by atomic mass is 9.95. The summed E-state index contributed by atoms with van der Waals surface area (Å²) in [5.41, 5.74) is -1.26. The first-order valence-corrected chi connectivity index (χ1v) is 14.8. The maximum atomic E-state index is 13.9. The van der Waals surface area contributed by atoms with Gasteiger partial charge in [-0.3, -0.25) is 14.5 Å². The number of ether oxygens (including phenoxy) is 1. The molecule has 0 aliphatic carbocycles. The molecule has 0 saturated carbocycles. The van der Waals surface area contributed by atoms with Crippen molar-refractivity contribution in [3.8, 4) is 0 Å². The van der Waals surface area contributed by atoms with Gasteiger partial charge in [-0.15, -0.1) is 5.10 Å². The topological polar surface area (TPSA) is 123 Å². The van der Waals surface area contributed by atoms with Gasteiger partial charge in [-0.05, 0) is 74.2 Å². The summed E-state index contributed by atoms with van der Waals surface area (Å²) < 4.78 is 47.7. The van der Waals surface area contributed by atoms with Crippen LogP contribution in [0.4, 0.5) is 23.7 Å². The number of benzene rings is 1. The molecule has 4 heterocycles. The van der Waals surface area contributed by atoms with Crippen LogP contribution in [0.1, 0.15) is 63.4 Å². The Balaban J connectivity index is 1.53. The predicted molar refractivity (Wildman–Crippen MR) is 155 cm³/mol. The third-order valence-corrected chi connectivity index (χ3v) is 8.14. The lowest BCUT2D eigenvalue weighted by molar-refractivity contribution is -0.137. The van der Waals surface area contributed by atoms with Crippen LogP contribution in [0.2, 0.25) is 5.02 Å². The van der Waals surface area contributed by atoms with Gasteiger partial charge in [-0.2, -0.15) is 22.7 Å². The van der Waals surface area contributed by atoms with Crippen molar-refractivity contribution in [1.82, 2.24) is 29.4 Å². The summed E-state index contributed by atoms with van der Waals surface area (Å²) in [4.78, 5) is 46.4. The van der Waals surface area contributed by atoms with Gasteiger partial charge in [0.25, 0.3) is 5.56 Å². The number of halogens is 5. The van der Waals surface area contributed by atoms with E-state index < -0.39 is 40.9 Å². The van der Waals surface area contributed by atoms with Crippen LogP contribution in [0, 0.1) is 0 Å². The Bertz CT molecular complexity index is 1650. The van der Waals surface area contributed by atoms with Crippen molar-refractivity contribution >= 4 is 51.0 Å². The number of hydrogen-bond acceptors (Lipinski definition) is 7. The summed E-state index contributed by atoms with van der Waals surface area (Å²) in [7, 11) is 0. The molecule has 3 atom stereocenters. The highest BCUT2D eigenvalue weighted by molar-refractivity contribution is 9.10. The van der Waals surface area contributed by atoms with E-state index in [0.29, 0.717) is 30.6 Å². The van der Waals surface area contributed by atoms with Gasteiger partial charge in [-0.25, -0.2) is 4.79 Å². The Kier molecular flexibility index (Phi) is 8.28. The van der Waals surface area contributed by atoms with Crippen LogP contribution in [0.5, 0.6) is 0 Å². The molecule has 0 radical (unpaired) electrons. The molecule has 16 heteroatoms. The summed E-state index contributed by atoms with van der Waals surface area (Å²) in [6, 6.07) is 1.58. The normalized spacial score (nSPS) is 20.5. The van der Waals surface area contributed by atoms with Crippen molar-refractivity contribution in [1.29, 1.82) is 0 Å². The zero-order valence-electron chi connectivity index (χ0n) is 23.8. The first-order valence-electron chi connectivity index (χ1n) is 13.7. The van der Waals surface area contributed by atoms with E-state index in [1.54, 1.807) is 30.2 Å². The third-order valence-electron chi connectivity index (χ3n) is 7.49. The van der Waals surface area contributed by atoms with E-state index in [4.69, 9.17) is 16.3 Å². The minimum absolute atomic E-state index is 0.00315. The maximum Gasteiger partial charge on any atom is 0.416 e. The number of nitrogens with zero attached hydrogens (tertiary/aromatic N) is 5. The van der Waals surface area contributed by atoms with Crippen molar-refractivity contribution in [2.24, 2.45) is 0 Å². The van der Waals surface area contributed by atoms with E-state index in [1.807, 2.05) is 6.92 Å². The summed E-state index contributed by atoms with van der Waals surface area (Å²) in [6.45, 7) is 7.29. The average molecular weight is 689 g/mol. The number of carbonyl (C=O) groups is 2. The number of rotatable bonds is 5. The Labute approximate surface area is 257 Å². The van der Waals surface area contributed by atoms with Gasteiger partial charge in [-0.1, -0.05) is 18.5 Å². The number of nitrogens with one attached hydrogen (secondary N) is 2. The SMILES string of the molecule is CCc1c(C2NCC3CCC2N3C(=O)OC(C)(C)C)c(=O)n2nc(Br)nc2n1CC(=O)Nc1ccc(C(F)(F)F)cc1Cl. The number of anilines is 1. The van der Waals surface area contributed by atoms with Crippen LogP contribution >= 0.6 is 27.5 Å². The summed E-state index contributed by atoms with van der Waals surface area (Å²) in [5.74, 6) is -0.518. The Morgan fingerprint density at radius 2 is 1.95 bits per heavy atom. The third kappa shape index (κ3) is 6.11. The standard InChI is InChI=1S/C27H30BrClF3N7O4/c1-5-17-20(21-18-9-7-14(11-33-21)38(18)25(42)43-26(2,3)4)22(41)39-24(35-23(28)36-39)37(17)12-19(40)34-16-8-6-13(10-15(16)29)27(30,31)32/h6,8,10,14,18,21,33H,5,7,9,11-12H2,1-4H3,(H,34,40). The van der Waals surface area contributed by atoms with Crippen molar-refractivity contribution in [3.05, 3.63) is 55.1 Å². The van der Waals surface area contributed by atoms with E-state index in [9.17, 15) is 27.6 Å². The molecular formula is C27H30BrClF3N7O4.